The Balaban J connectivity index is 3.88. The fraction of sp³-hybridized carbons (Fsp3) is 0.571. The lowest BCUT2D eigenvalue weighted by Gasteiger charge is -2.14. The van der Waals surface area contributed by atoms with Crippen LogP contribution < -0.4 is 21.3 Å². The van der Waals surface area contributed by atoms with Gasteiger partial charge in [0, 0.05) is 14.0 Å². The summed E-state index contributed by atoms with van der Waals surface area (Å²) in [5.74, 6) is -2.76. The second-order valence-corrected chi connectivity index (χ2v) is 5.18. The number of hydrogen-bond donors (Lipinski definition) is 4. The molecule has 4 N–H and O–H groups in total. The maximum absolute atomic E-state index is 11.5. The van der Waals surface area contributed by atoms with Crippen LogP contribution in [0.1, 0.15) is 13.8 Å². The number of likely N-dealkylation sites (N-methyl/N-ethyl adjacent to an activating group) is 1. The van der Waals surface area contributed by atoms with Gasteiger partial charge in [-0.2, -0.15) is 0 Å². The standard InChI is InChI=1S/C14H23N5O6/c1-9(20)4-15-11(22)5-16-12(23)6-17-13(24)7-18-14(25)8-19(3)10(2)21/h4-8H2,1-3H3,(H,15,22)(H,16,23)(H,17,24)(H,18,25). The number of nitrogens with one attached hydrogen (secondary N) is 4. The molecule has 0 bridgehead atoms. The van der Waals surface area contributed by atoms with E-state index < -0.39 is 23.6 Å². The molecule has 0 aliphatic carbocycles. The second kappa shape index (κ2) is 11.5. The zero-order valence-corrected chi connectivity index (χ0v) is 14.4. The molecule has 0 rings (SSSR count). The first-order valence-corrected chi connectivity index (χ1v) is 7.39. The first-order chi connectivity index (χ1) is 11.6. The third-order valence-electron chi connectivity index (χ3n) is 2.79. The molecule has 0 fully saturated rings. The molecular weight excluding hydrogens is 334 g/mol. The Kier molecular flexibility index (Phi) is 10.2. The molecule has 0 aromatic carbocycles. The van der Waals surface area contributed by atoms with Crippen molar-refractivity contribution >= 4 is 35.3 Å². The minimum absolute atomic E-state index is 0.121. The van der Waals surface area contributed by atoms with Gasteiger partial charge in [-0.3, -0.25) is 28.8 Å². The maximum atomic E-state index is 11.5. The number of ketones is 1. The van der Waals surface area contributed by atoms with Crippen LogP contribution in [0.15, 0.2) is 0 Å². The maximum Gasteiger partial charge on any atom is 0.240 e. The number of nitrogens with zero attached hydrogens (tertiary/aromatic N) is 1. The molecule has 0 aliphatic heterocycles. The summed E-state index contributed by atoms with van der Waals surface area (Å²) in [5, 5.41) is 9.10. The normalized spacial score (nSPS) is 9.56. The predicted molar refractivity (Wildman–Crippen MR) is 86.0 cm³/mol. The summed E-state index contributed by atoms with van der Waals surface area (Å²) in [6.07, 6.45) is 0. The number of Topliss-reactive ketones (excluding diaryl/α,β-unsaturated/α-hetero) is 1. The molecule has 5 amide bonds. The van der Waals surface area contributed by atoms with Crippen LogP contribution in [0, 0.1) is 0 Å². The van der Waals surface area contributed by atoms with Gasteiger partial charge in [0.1, 0.15) is 5.78 Å². The van der Waals surface area contributed by atoms with Crippen molar-refractivity contribution in [1.29, 1.82) is 0 Å². The first kappa shape index (κ1) is 22.0. The Hall–Kier alpha value is -2.98. The van der Waals surface area contributed by atoms with Gasteiger partial charge in [-0.25, -0.2) is 0 Å². The molecule has 0 saturated heterocycles. The van der Waals surface area contributed by atoms with Crippen molar-refractivity contribution in [2.45, 2.75) is 13.8 Å². The van der Waals surface area contributed by atoms with E-state index in [9.17, 15) is 28.8 Å². The monoisotopic (exact) mass is 357 g/mol. The first-order valence-electron chi connectivity index (χ1n) is 7.39. The predicted octanol–water partition coefficient (Wildman–Crippen LogP) is -3.48. The van der Waals surface area contributed by atoms with E-state index in [0.29, 0.717) is 0 Å². The van der Waals surface area contributed by atoms with E-state index in [1.807, 2.05) is 0 Å². The Morgan fingerprint density at radius 2 is 1.00 bits per heavy atom. The van der Waals surface area contributed by atoms with Crippen LogP contribution in [-0.2, 0) is 28.8 Å². The lowest BCUT2D eigenvalue weighted by Crippen LogP contribution is -2.45. The van der Waals surface area contributed by atoms with E-state index in [2.05, 4.69) is 21.3 Å². The summed E-state index contributed by atoms with van der Waals surface area (Å²) >= 11 is 0. The van der Waals surface area contributed by atoms with Crippen molar-refractivity contribution in [2.75, 3.05) is 39.8 Å². The third kappa shape index (κ3) is 12.1. The van der Waals surface area contributed by atoms with Crippen LogP contribution >= 0.6 is 0 Å². The number of amides is 5. The summed E-state index contributed by atoms with van der Waals surface area (Å²) in [6.45, 7) is 1.27. The quantitative estimate of drug-likeness (QED) is 0.318. The highest BCUT2D eigenvalue weighted by molar-refractivity contribution is 5.91. The van der Waals surface area contributed by atoms with Crippen molar-refractivity contribution in [3.05, 3.63) is 0 Å². The van der Waals surface area contributed by atoms with E-state index in [-0.39, 0.29) is 44.4 Å². The molecule has 0 saturated carbocycles. The highest BCUT2D eigenvalue weighted by Crippen LogP contribution is 1.82. The van der Waals surface area contributed by atoms with Crippen LogP contribution in [-0.4, -0.2) is 80.0 Å². The van der Waals surface area contributed by atoms with Crippen LogP contribution in [0.5, 0.6) is 0 Å². The van der Waals surface area contributed by atoms with Crippen molar-refractivity contribution in [3.63, 3.8) is 0 Å². The summed E-state index contributed by atoms with van der Waals surface area (Å²) in [5.41, 5.74) is 0. The smallest absolute Gasteiger partial charge is 0.240 e. The van der Waals surface area contributed by atoms with Crippen LogP contribution in [0.4, 0.5) is 0 Å². The molecule has 0 aliphatic rings. The minimum atomic E-state index is -0.603. The molecule has 11 nitrogen and oxygen atoms in total. The number of carbonyl (C=O) groups excluding carboxylic acids is 6. The highest BCUT2D eigenvalue weighted by Gasteiger charge is 2.11. The number of rotatable bonds is 10. The highest BCUT2D eigenvalue weighted by atomic mass is 16.2. The van der Waals surface area contributed by atoms with Gasteiger partial charge in [0.05, 0.1) is 32.7 Å². The zero-order valence-electron chi connectivity index (χ0n) is 14.4. The van der Waals surface area contributed by atoms with Crippen molar-refractivity contribution in [1.82, 2.24) is 26.2 Å². The molecule has 0 atom stereocenters. The molecule has 0 radical (unpaired) electrons. The van der Waals surface area contributed by atoms with Gasteiger partial charge in [-0.05, 0) is 6.92 Å². The summed E-state index contributed by atoms with van der Waals surface area (Å²) in [7, 11) is 1.44. The number of hydrogen-bond acceptors (Lipinski definition) is 6. The SMILES string of the molecule is CC(=O)CNC(=O)CNC(=O)CNC(=O)CNC(=O)CN(C)C(C)=O. The molecule has 0 aromatic heterocycles. The average molecular weight is 357 g/mol. The molecule has 25 heavy (non-hydrogen) atoms. The van der Waals surface area contributed by atoms with Crippen LogP contribution in [0.3, 0.4) is 0 Å². The van der Waals surface area contributed by atoms with Crippen molar-refractivity contribution in [2.24, 2.45) is 0 Å². The molecule has 11 heteroatoms. The Morgan fingerprint density at radius 3 is 1.36 bits per heavy atom. The molecule has 0 heterocycles. The zero-order chi connectivity index (χ0) is 19.4. The van der Waals surface area contributed by atoms with E-state index in [1.54, 1.807) is 0 Å². The minimum Gasteiger partial charge on any atom is -0.348 e. The van der Waals surface area contributed by atoms with Gasteiger partial charge >= 0.3 is 0 Å². The second-order valence-electron chi connectivity index (χ2n) is 5.18. The Morgan fingerprint density at radius 1 is 0.640 bits per heavy atom. The molecule has 0 aromatic rings. The summed E-state index contributed by atoms with van der Waals surface area (Å²) < 4.78 is 0. The van der Waals surface area contributed by atoms with E-state index >= 15 is 0 Å². The van der Waals surface area contributed by atoms with Gasteiger partial charge in [0.25, 0.3) is 0 Å². The van der Waals surface area contributed by atoms with Gasteiger partial charge in [0.15, 0.2) is 0 Å². The lowest BCUT2D eigenvalue weighted by molar-refractivity contribution is -0.133. The molecule has 0 spiro atoms. The Bertz CT molecular complexity index is 548. The summed E-state index contributed by atoms with van der Waals surface area (Å²) in [4.78, 5) is 68.4. The molecule has 0 unspecified atom stereocenters. The van der Waals surface area contributed by atoms with Crippen LogP contribution in [0.25, 0.3) is 0 Å². The molecular formula is C14H23N5O6. The Labute approximate surface area is 144 Å². The van der Waals surface area contributed by atoms with Crippen molar-refractivity contribution in [3.8, 4) is 0 Å². The van der Waals surface area contributed by atoms with Gasteiger partial charge in [-0.1, -0.05) is 0 Å². The fourth-order valence-electron chi connectivity index (χ4n) is 1.33. The third-order valence-corrected chi connectivity index (χ3v) is 2.79. The van der Waals surface area contributed by atoms with Crippen LogP contribution in [0.2, 0.25) is 0 Å². The number of carbonyl (C=O) groups is 6. The van der Waals surface area contributed by atoms with E-state index in [4.69, 9.17) is 0 Å². The fourth-order valence-corrected chi connectivity index (χ4v) is 1.33. The van der Waals surface area contributed by atoms with E-state index in [1.165, 1.54) is 25.8 Å². The van der Waals surface area contributed by atoms with Gasteiger partial charge < -0.3 is 26.2 Å². The largest absolute Gasteiger partial charge is 0.348 e. The van der Waals surface area contributed by atoms with Gasteiger partial charge in [-0.15, -0.1) is 0 Å². The average Bonchev–Trinajstić information content (AvgIpc) is 2.53. The van der Waals surface area contributed by atoms with E-state index in [0.717, 1.165) is 0 Å². The van der Waals surface area contributed by atoms with Crippen molar-refractivity contribution < 1.29 is 28.8 Å². The topological polar surface area (TPSA) is 154 Å². The van der Waals surface area contributed by atoms with Gasteiger partial charge in [0.2, 0.25) is 29.5 Å². The molecule has 140 valence electrons. The summed E-state index contributed by atoms with van der Waals surface area (Å²) in [6, 6.07) is 0. The lowest BCUT2D eigenvalue weighted by atomic mass is 10.4.